The molecular formula is C38H46FN7O3S. The van der Waals surface area contributed by atoms with E-state index >= 15 is 4.39 Å². The first-order valence-electron chi connectivity index (χ1n) is 17.3. The van der Waals surface area contributed by atoms with E-state index in [1.54, 1.807) is 11.0 Å². The normalized spacial score (nSPS) is 17.2. The average molecular weight is 700 g/mol. The Morgan fingerprint density at radius 3 is 2.32 bits per heavy atom. The van der Waals surface area contributed by atoms with Crippen molar-refractivity contribution in [1.29, 1.82) is 5.26 Å². The molecule has 1 atom stereocenters. The summed E-state index contributed by atoms with van der Waals surface area (Å²) in [6.45, 7) is 15.0. The number of hydrogen-bond acceptors (Lipinski definition) is 8. The van der Waals surface area contributed by atoms with E-state index in [-0.39, 0.29) is 24.2 Å². The van der Waals surface area contributed by atoms with Gasteiger partial charge in [-0.15, -0.1) is 11.8 Å². The molecule has 7 rings (SSSR count). The van der Waals surface area contributed by atoms with Crippen molar-refractivity contribution < 1.29 is 18.7 Å². The Kier molecular flexibility index (Phi) is 10.1. The molecule has 264 valence electrons. The van der Waals surface area contributed by atoms with Crippen molar-refractivity contribution in [2.45, 2.75) is 103 Å². The van der Waals surface area contributed by atoms with E-state index in [2.05, 4.69) is 26.0 Å². The minimum absolute atomic E-state index is 0.0565. The topological polar surface area (TPSA) is 111 Å². The summed E-state index contributed by atoms with van der Waals surface area (Å²) < 4.78 is 32.9. The third-order valence-electron chi connectivity index (χ3n) is 9.69. The number of nitrogens with zero attached hydrogens (tertiary/aromatic N) is 7. The van der Waals surface area contributed by atoms with Crippen molar-refractivity contribution in [3.05, 3.63) is 47.0 Å². The predicted octanol–water partition coefficient (Wildman–Crippen LogP) is 9.19. The highest BCUT2D eigenvalue weighted by Crippen LogP contribution is 2.43. The van der Waals surface area contributed by atoms with Gasteiger partial charge >= 0.3 is 6.09 Å². The minimum Gasteiger partial charge on any atom is -0.444 e. The molecule has 2 aliphatic rings. The molecule has 0 aliphatic carbocycles. The lowest BCUT2D eigenvalue weighted by Gasteiger charge is -2.33. The standard InChI is InChI=1S/C36H43FN6O3S.C2H3N/c1-20-17-27-25(18-39-43(27)28-10-8-9-15-45-28)30(22(20)3)29-21(2)16-24-32(31(29)37)40-34(47-7)26-19-38-42(33(24)26)23-11-13-41(14-12-23)35(44)46-36(4,5)6;1-2-3/h16-19,23,28H,8-15H2,1-7H3;1H3. The Labute approximate surface area is 296 Å². The summed E-state index contributed by atoms with van der Waals surface area (Å²) in [5, 5.41) is 20.3. The number of pyridine rings is 1. The van der Waals surface area contributed by atoms with Crippen LogP contribution in [0.1, 0.15) is 88.8 Å². The minimum atomic E-state index is -0.542. The summed E-state index contributed by atoms with van der Waals surface area (Å²) in [4.78, 5) is 19.4. The molecule has 2 aromatic carbocycles. The van der Waals surface area contributed by atoms with Crippen molar-refractivity contribution in [1.82, 2.24) is 29.4 Å². The van der Waals surface area contributed by atoms with Crippen LogP contribution in [0, 0.1) is 37.9 Å². The maximum atomic E-state index is 17.2. The zero-order valence-electron chi connectivity index (χ0n) is 30.3. The van der Waals surface area contributed by atoms with Crippen molar-refractivity contribution >= 4 is 50.6 Å². The number of likely N-dealkylation sites (tertiary alicyclic amines) is 1. The number of carbonyl (C=O) groups is 1. The number of ether oxygens (including phenoxy) is 2. The van der Waals surface area contributed by atoms with Crippen LogP contribution in [0.3, 0.4) is 0 Å². The Morgan fingerprint density at radius 1 is 1.00 bits per heavy atom. The molecule has 3 aromatic heterocycles. The largest absolute Gasteiger partial charge is 0.444 e. The first-order chi connectivity index (χ1) is 23.9. The monoisotopic (exact) mass is 699 g/mol. The van der Waals surface area contributed by atoms with E-state index < -0.39 is 5.60 Å². The van der Waals surface area contributed by atoms with Crippen LogP contribution in [0.5, 0.6) is 0 Å². The summed E-state index contributed by atoms with van der Waals surface area (Å²) in [7, 11) is 0. The smallest absolute Gasteiger partial charge is 0.410 e. The highest BCUT2D eigenvalue weighted by atomic mass is 32.2. The van der Waals surface area contributed by atoms with Gasteiger partial charge in [-0.3, -0.25) is 4.68 Å². The number of carbonyl (C=O) groups excluding carboxylic acids is 1. The third kappa shape index (κ3) is 6.53. The number of piperidine rings is 1. The molecule has 0 spiro atoms. The third-order valence-corrected chi connectivity index (χ3v) is 10.4. The van der Waals surface area contributed by atoms with E-state index in [4.69, 9.17) is 29.9 Å². The molecule has 0 radical (unpaired) electrons. The second-order valence-electron chi connectivity index (χ2n) is 14.2. The maximum Gasteiger partial charge on any atom is 0.410 e. The average Bonchev–Trinajstić information content (AvgIpc) is 3.71. The molecule has 0 bridgehead atoms. The summed E-state index contributed by atoms with van der Waals surface area (Å²) in [6.07, 6.45) is 9.79. The maximum absolute atomic E-state index is 17.2. The van der Waals surface area contributed by atoms with E-state index in [0.29, 0.717) is 24.2 Å². The summed E-state index contributed by atoms with van der Waals surface area (Å²) in [5.74, 6) is -0.332. The van der Waals surface area contributed by atoms with Gasteiger partial charge in [0.15, 0.2) is 12.0 Å². The first kappa shape index (κ1) is 35.6. The van der Waals surface area contributed by atoms with Crippen LogP contribution in [0.15, 0.2) is 29.6 Å². The number of thioether (sulfide) groups is 1. The fourth-order valence-corrected chi connectivity index (χ4v) is 7.81. The number of hydrogen-bond donors (Lipinski definition) is 0. The number of aromatic nitrogens is 5. The molecule has 50 heavy (non-hydrogen) atoms. The van der Waals surface area contributed by atoms with E-state index in [1.165, 1.54) is 18.7 Å². The highest BCUT2D eigenvalue weighted by molar-refractivity contribution is 7.98. The first-order valence-corrected chi connectivity index (χ1v) is 18.5. The fraction of sp³-hybridized carbons (Fsp3) is 0.500. The molecule has 0 saturated carbocycles. The van der Waals surface area contributed by atoms with Crippen molar-refractivity contribution in [2.75, 3.05) is 26.0 Å². The van der Waals surface area contributed by atoms with Gasteiger partial charge in [0.05, 0.1) is 40.9 Å². The zero-order chi connectivity index (χ0) is 35.9. The number of aryl methyl sites for hydroxylation is 2. The van der Waals surface area contributed by atoms with Crippen LogP contribution in [0.2, 0.25) is 0 Å². The molecule has 2 saturated heterocycles. The van der Waals surface area contributed by atoms with Gasteiger partial charge in [-0.2, -0.15) is 15.5 Å². The summed E-state index contributed by atoms with van der Waals surface area (Å²) in [6, 6.07) is 6.03. The second kappa shape index (κ2) is 14.2. The van der Waals surface area contributed by atoms with Gasteiger partial charge in [-0.05, 0) is 114 Å². The molecule has 5 aromatic rings. The molecule has 1 unspecified atom stereocenters. The molecule has 2 fully saturated rings. The van der Waals surface area contributed by atoms with Crippen LogP contribution in [-0.4, -0.2) is 67.1 Å². The lowest BCUT2D eigenvalue weighted by molar-refractivity contribution is -0.0366. The SMILES string of the molecule is CC#N.CSc1nc2c(F)c(-c3c(C)c(C)cc4c3cnn4C3CCCCO3)c(C)cc2c2c1cnn2C1CCN(C(=O)OC(C)(C)C)CC1. The molecule has 12 heteroatoms. The van der Waals surface area contributed by atoms with Gasteiger partial charge in [-0.1, -0.05) is 0 Å². The molecule has 10 nitrogen and oxygen atoms in total. The summed E-state index contributed by atoms with van der Waals surface area (Å²) >= 11 is 1.50. The zero-order valence-corrected chi connectivity index (χ0v) is 31.1. The highest BCUT2D eigenvalue weighted by Gasteiger charge is 2.31. The van der Waals surface area contributed by atoms with E-state index in [0.717, 1.165) is 93.2 Å². The van der Waals surface area contributed by atoms with Gasteiger partial charge in [-0.25, -0.2) is 18.9 Å². The Balaban J connectivity index is 0.00000139. The second-order valence-corrected chi connectivity index (χ2v) is 15.0. The lowest BCUT2D eigenvalue weighted by Crippen LogP contribution is -2.42. The molecular weight excluding hydrogens is 654 g/mol. The van der Waals surface area contributed by atoms with Crippen LogP contribution in [-0.2, 0) is 9.47 Å². The molecule has 1 amide bonds. The van der Waals surface area contributed by atoms with Crippen LogP contribution in [0.25, 0.3) is 43.8 Å². The fourth-order valence-electron chi connectivity index (χ4n) is 7.25. The number of amides is 1. The Hall–Kier alpha value is -4.21. The molecule has 2 aliphatic heterocycles. The quantitative estimate of drug-likeness (QED) is 0.171. The summed E-state index contributed by atoms with van der Waals surface area (Å²) in [5.41, 5.74) is 5.99. The number of nitriles is 1. The van der Waals surface area contributed by atoms with E-state index in [9.17, 15) is 4.79 Å². The van der Waals surface area contributed by atoms with Gasteiger partial charge in [0.1, 0.15) is 16.1 Å². The van der Waals surface area contributed by atoms with Crippen molar-refractivity contribution in [3.63, 3.8) is 0 Å². The Bertz CT molecular complexity index is 2110. The van der Waals surface area contributed by atoms with Gasteiger partial charge in [0.25, 0.3) is 0 Å². The Morgan fingerprint density at radius 2 is 1.68 bits per heavy atom. The van der Waals surface area contributed by atoms with Gasteiger partial charge < -0.3 is 14.4 Å². The molecule has 0 N–H and O–H groups in total. The van der Waals surface area contributed by atoms with Crippen LogP contribution < -0.4 is 0 Å². The number of halogens is 1. The molecule has 5 heterocycles. The lowest BCUT2D eigenvalue weighted by atomic mass is 9.89. The van der Waals surface area contributed by atoms with Crippen LogP contribution in [0.4, 0.5) is 9.18 Å². The number of benzene rings is 2. The van der Waals surface area contributed by atoms with Gasteiger partial charge in [0.2, 0.25) is 0 Å². The number of fused-ring (bicyclic) bond motifs is 4. The predicted molar refractivity (Wildman–Crippen MR) is 196 cm³/mol. The van der Waals surface area contributed by atoms with Crippen molar-refractivity contribution in [2.24, 2.45) is 0 Å². The van der Waals surface area contributed by atoms with Crippen LogP contribution >= 0.6 is 11.8 Å². The number of rotatable bonds is 4. The van der Waals surface area contributed by atoms with E-state index in [1.807, 2.05) is 55.7 Å². The van der Waals surface area contributed by atoms with Crippen molar-refractivity contribution in [3.8, 4) is 17.2 Å². The van der Waals surface area contributed by atoms with Gasteiger partial charge in [0, 0.05) is 43.0 Å².